The summed E-state index contributed by atoms with van der Waals surface area (Å²) in [5.74, 6) is -0.963. The van der Waals surface area contributed by atoms with E-state index in [1.165, 1.54) is 0 Å². The molecule has 3 heterocycles. The second-order valence-electron chi connectivity index (χ2n) is 8.25. The van der Waals surface area contributed by atoms with E-state index in [9.17, 15) is 9.59 Å². The van der Waals surface area contributed by atoms with Gasteiger partial charge in [-0.2, -0.15) is 0 Å². The summed E-state index contributed by atoms with van der Waals surface area (Å²) in [4.78, 5) is 36.4. The van der Waals surface area contributed by atoms with Gasteiger partial charge in [0.2, 0.25) is 5.17 Å². The lowest BCUT2D eigenvalue weighted by molar-refractivity contribution is -0.150. The lowest BCUT2D eigenvalue weighted by Crippen LogP contribution is -2.35. The molecule has 0 bridgehead atoms. The van der Waals surface area contributed by atoms with E-state index in [1.807, 2.05) is 30.0 Å². The Hall–Kier alpha value is -3.76. The van der Waals surface area contributed by atoms with E-state index in [4.69, 9.17) is 34.4 Å². The summed E-state index contributed by atoms with van der Waals surface area (Å²) in [6.07, 6.45) is 4.15. The van der Waals surface area contributed by atoms with Crippen molar-refractivity contribution in [2.75, 3.05) is 25.7 Å². The van der Waals surface area contributed by atoms with Gasteiger partial charge in [-0.05, 0) is 60.3 Å². The highest BCUT2D eigenvalue weighted by Gasteiger charge is 2.53. The third-order valence-corrected chi connectivity index (χ3v) is 8.97. The SMILES string of the molecule is CCCN(C1=NC(c2ccc(OC)cc2Cl)=C(C)S12OC(=O)C(=O)O2)c1c(OC)ccc2cnccc12. The summed E-state index contributed by atoms with van der Waals surface area (Å²) in [5.41, 5.74) is 1.75. The first-order chi connectivity index (χ1) is 17.8. The quantitative estimate of drug-likeness (QED) is 0.371. The van der Waals surface area contributed by atoms with Gasteiger partial charge in [0.05, 0.1) is 35.5 Å². The van der Waals surface area contributed by atoms with Gasteiger partial charge in [-0.3, -0.25) is 4.98 Å². The third-order valence-electron chi connectivity index (χ3n) is 6.09. The van der Waals surface area contributed by atoms with Gasteiger partial charge in [-0.15, -0.1) is 0 Å². The van der Waals surface area contributed by atoms with Gasteiger partial charge in [-0.25, -0.2) is 14.6 Å². The van der Waals surface area contributed by atoms with Crippen molar-refractivity contribution in [1.82, 2.24) is 4.98 Å². The van der Waals surface area contributed by atoms with Gasteiger partial charge >= 0.3 is 11.9 Å². The molecule has 9 nitrogen and oxygen atoms in total. The zero-order valence-corrected chi connectivity index (χ0v) is 22.2. The number of aromatic nitrogens is 1. The van der Waals surface area contributed by atoms with Crippen LogP contribution in [-0.2, 0) is 18.0 Å². The number of amidine groups is 1. The Labute approximate surface area is 220 Å². The molecule has 2 aromatic carbocycles. The number of pyridine rings is 1. The van der Waals surface area contributed by atoms with E-state index in [0.29, 0.717) is 56.5 Å². The molecule has 2 aliphatic heterocycles. The number of carbonyl (C=O) groups is 2. The highest BCUT2D eigenvalue weighted by Crippen LogP contribution is 2.68. The number of anilines is 1. The maximum Gasteiger partial charge on any atom is 0.442 e. The largest absolute Gasteiger partial charge is 0.497 e. The minimum Gasteiger partial charge on any atom is -0.497 e. The van der Waals surface area contributed by atoms with Gasteiger partial charge in [-0.1, -0.05) is 18.5 Å². The van der Waals surface area contributed by atoms with Crippen LogP contribution in [0.4, 0.5) is 5.69 Å². The fourth-order valence-corrected chi connectivity index (χ4v) is 6.99. The molecule has 37 heavy (non-hydrogen) atoms. The van der Waals surface area contributed by atoms with E-state index < -0.39 is 22.5 Å². The summed E-state index contributed by atoms with van der Waals surface area (Å²) in [6.45, 7) is 4.22. The minimum absolute atomic E-state index is 0.301. The Kier molecular flexibility index (Phi) is 6.47. The van der Waals surface area contributed by atoms with Crippen molar-refractivity contribution in [2.45, 2.75) is 20.3 Å². The number of fused-ring (bicyclic) bond motifs is 1. The Bertz CT molecular complexity index is 1490. The molecule has 1 aromatic heterocycles. The van der Waals surface area contributed by atoms with E-state index >= 15 is 0 Å². The number of methoxy groups -OCH3 is 2. The standard InChI is InChI=1S/C26H24ClN3O6S/c1-5-12-30(23-18-10-11-28-14-16(18)6-9-21(23)34-4)26-29-22(19-8-7-17(33-3)13-20(19)27)15(2)37(26)35-24(31)25(32)36-37/h6-11,13-14H,5,12H2,1-4H3. The molecule has 0 aliphatic carbocycles. The van der Waals surface area contributed by atoms with Crippen LogP contribution in [-0.4, -0.2) is 42.9 Å². The minimum atomic E-state index is -3.04. The number of hydrogen-bond donors (Lipinski definition) is 0. The maximum absolute atomic E-state index is 12.4. The van der Waals surface area contributed by atoms with Gasteiger partial charge in [0, 0.05) is 35.3 Å². The van der Waals surface area contributed by atoms with Crippen molar-refractivity contribution in [2.24, 2.45) is 4.99 Å². The van der Waals surface area contributed by atoms with Gasteiger partial charge in [0.25, 0.3) is 0 Å². The Balaban J connectivity index is 1.77. The number of rotatable bonds is 6. The van der Waals surface area contributed by atoms with Crippen molar-refractivity contribution >= 4 is 61.5 Å². The van der Waals surface area contributed by atoms with Crippen molar-refractivity contribution in [3.63, 3.8) is 0 Å². The summed E-state index contributed by atoms with van der Waals surface area (Å²) >= 11 is 6.61. The van der Waals surface area contributed by atoms with Crippen LogP contribution in [0.5, 0.6) is 11.5 Å². The second-order valence-corrected chi connectivity index (χ2v) is 11.0. The van der Waals surface area contributed by atoms with Gasteiger partial charge in [0.15, 0.2) is 0 Å². The highest BCUT2D eigenvalue weighted by atomic mass is 35.5. The molecule has 3 aromatic rings. The number of halogens is 1. The Morgan fingerprint density at radius 3 is 2.46 bits per heavy atom. The predicted octanol–water partition coefficient (Wildman–Crippen LogP) is 5.61. The zero-order chi connectivity index (χ0) is 26.3. The fraction of sp³-hybridized carbons (Fsp3) is 0.231. The summed E-state index contributed by atoms with van der Waals surface area (Å²) in [6, 6.07) is 10.8. The average Bonchev–Trinajstić information content (AvgIpc) is 3.36. The maximum atomic E-state index is 12.4. The van der Waals surface area contributed by atoms with Crippen molar-refractivity contribution in [3.8, 4) is 11.5 Å². The molecule has 0 N–H and O–H groups in total. The number of ether oxygens (including phenoxy) is 2. The van der Waals surface area contributed by atoms with Crippen LogP contribution < -0.4 is 14.4 Å². The normalized spacial score (nSPS) is 17.1. The van der Waals surface area contributed by atoms with Gasteiger partial charge in [0.1, 0.15) is 11.5 Å². The van der Waals surface area contributed by atoms with E-state index in [1.54, 1.807) is 51.7 Å². The van der Waals surface area contributed by atoms with Crippen molar-refractivity contribution in [1.29, 1.82) is 0 Å². The first-order valence-corrected chi connectivity index (χ1v) is 13.3. The highest BCUT2D eigenvalue weighted by molar-refractivity contribution is 8.42. The van der Waals surface area contributed by atoms with Crippen LogP contribution in [0.25, 0.3) is 16.5 Å². The summed E-state index contributed by atoms with van der Waals surface area (Å²) in [7, 11) is 0.0883. The molecule has 11 heteroatoms. The molecule has 1 spiro atoms. The topological polar surface area (TPSA) is 99.6 Å². The van der Waals surface area contributed by atoms with E-state index in [2.05, 4.69) is 4.98 Å². The molecular weight excluding hydrogens is 518 g/mol. The molecule has 0 unspecified atom stereocenters. The molecule has 0 saturated carbocycles. The number of hydrogen-bond acceptors (Lipinski definition) is 9. The molecule has 192 valence electrons. The van der Waals surface area contributed by atoms with Crippen LogP contribution in [0, 0.1) is 0 Å². The second kappa shape index (κ2) is 9.60. The predicted molar refractivity (Wildman–Crippen MR) is 144 cm³/mol. The molecule has 5 rings (SSSR count). The van der Waals surface area contributed by atoms with Crippen LogP contribution in [0.15, 0.2) is 58.7 Å². The van der Waals surface area contributed by atoms with Crippen molar-refractivity contribution in [3.05, 3.63) is 64.3 Å². The van der Waals surface area contributed by atoms with Crippen LogP contribution in [0.1, 0.15) is 25.8 Å². The van der Waals surface area contributed by atoms with Crippen LogP contribution >= 0.6 is 22.2 Å². The van der Waals surface area contributed by atoms with Crippen LogP contribution in [0.2, 0.25) is 5.02 Å². The fourth-order valence-electron chi connectivity index (χ4n) is 4.37. The summed E-state index contributed by atoms with van der Waals surface area (Å²) in [5, 5.41) is 2.42. The molecule has 0 atom stereocenters. The monoisotopic (exact) mass is 541 g/mol. The zero-order valence-electron chi connectivity index (χ0n) is 20.6. The molecule has 0 radical (unpaired) electrons. The first kappa shape index (κ1) is 24.9. The lowest BCUT2D eigenvalue weighted by Gasteiger charge is -2.39. The van der Waals surface area contributed by atoms with Crippen molar-refractivity contribution < 1.29 is 27.4 Å². The third kappa shape index (κ3) is 3.96. The molecule has 2 aliphatic rings. The summed E-state index contributed by atoms with van der Waals surface area (Å²) < 4.78 is 22.5. The Morgan fingerprint density at radius 1 is 1.05 bits per heavy atom. The van der Waals surface area contributed by atoms with E-state index in [-0.39, 0.29) is 0 Å². The number of aliphatic imine (C=N–C) groups is 1. The van der Waals surface area contributed by atoms with Gasteiger partial charge < -0.3 is 22.7 Å². The lowest BCUT2D eigenvalue weighted by atomic mass is 10.1. The smallest absolute Gasteiger partial charge is 0.442 e. The molecule has 0 amide bonds. The number of benzene rings is 2. The molecule has 1 fully saturated rings. The number of allylic oxidation sites excluding steroid dienone is 1. The van der Waals surface area contributed by atoms with Crippen LogP contribution in [0.3, 0.4) is 0 Å². The number of nitrogens with zero attached hydrogens (tertiary/aromatic N) is 3. The number of carbonyl (C=O) groups excluding carboxylic acids is 2. The Morgan fingerprint density at radius 2 is 1.81 bits per heavy atom. The molecular formula is C26H24ClN3O6S. The average molecular weight is 542 g/mol. The first-order valence-electron chi connectivity index (χ1n) is 11.5. The van der Waals surface area contributed by atoms with E-state index in [0.717, 1.165) is 10.8 Å². The molecule has 1 saturated heterocycles.